The Morgan fingerprint density at radius 1 is 1.50 bits per heavy atom. The van der Waals surface area contributed by atoms with Crippen molar-refractivity contribution in [2.75, 3.05) is 6.61 Å². The Balaban J connectivity index is 2.27. The standard InChI is InChI=1S/C15H19N3O2/c1-15(2,3)9-20-11-6-12-10(4-5-13(16)19)7-17-14(12)18-8-11/h4-8H,9H2,1-3H3,(H2,16,19)(H,17,18)/b5-4+. The van der Waals surface area contributed by atoms with Crippen molar-refractivity contribution in [3.63, 3.8) is 0 Å². The van der Waals surface area contributed by atoms with E-state index in [4.69, 9.17) is 10.5 Å². The Morgan fingerprint density at radius 3 is 2.90 bits per heavy atom. The third kappa shape index (κ3) is 3.60. The number of carbonyl (C=O) groups is 1. The average Bonchev–Trinajstić information content (AvgIpc) is 2.75. The molecule has 0 aliphatic carbocycles. The van der Waals surface area contributed by atoms with Crippen molar-refractivity contribution in [3.05, 3.63) is 30.1 Å². The van der Waals surface area contributed by atoms with Gasteiger partial charge in [0.1, 0.15) is 11.4 Å². The van der Waals surface area contributed by atoms with Crippen LogP contribution in [0.2, 0.25) is 0 Å². The van der Waals surface area contributed by atoms with Gasteiger partial charge in [0.05, 0.1) is 12.8 Å². The molecule has 0 unspecified atom stereocenters. The minimum absolute atomic E-state index is 0.0851. The fourth-order valence-electron chi connectivity index (χ4n) is 1.69. The molecule has 2 aromatic heterocycles. The fraction of sp³-hybridized carbons (Fsp3) is 0.333. The molecule has 3 N–H and O–H groups in total. The van der Waals surface area contributed by atoms with E-state index in [2.05, 4.69) is 30.7 Å². The lowest BCUT2D eigenvalue weighted by Gasteiger charge is -2.18. The lowest BCUT2D eigenvalue weighted by atomic mass is 9.99. The van der Waals surface area contributed by atoms with Crippen LogP contribution >= 0.6 is 0 Å². The maximum absolute atomic E-state index is 10.8. The summed E-state index contributed by atoms with van der Waals surface area (Å²) in [6, 6.07) is 1.91. The van der Waals surface area contributed by atoms with E-state index in [1.165, 1.54) is 6.08 Å². The fourth-order valence-corrected chi connectivity index (χ4v) is 1.69. The molecule has 5 nitrogen and oxygen atoms in total. The number of hydrogen-bond acceptors (Lipinski definition) is 3. The second kappa shape index (κ2) is 5.36. The molecule has 0 fully saturated rings. The topological polar surface area (TPSA) is 81.0 Å². The second-order valence-corrected chi connectivity index (χ2v) is 5.90. The number of fused-ring (bicyclic) bond motifs is 1. The molecule has 2 heterocycles. The molecule has 0 radical (unpaired) electrons. The smallest absolute Gasteiger partial charge is 0.241 e. The SMILES string of the molecule is CC(C)(C)COc1cnc2[nH]cc(/C=C/C(N)=O)c2c1. The molecule has 0 saturated heterocycles. The number of nitrogens with zero attached hydrogens (tertiary/aromatic N) is 1. The van der Waals surface area contributed by atoms with Crippen LogP contribution in [0.4, 0.5) is 0 Å². The first kappa shape index (κ1) is 14.1. The maximum Gasteiger partial charge on any atom is 0.241 e. The molecule has 2 rings (SSSR count). The highest BCUT2D eigenvalue weighted by molar-refractivity contribution is 5.94. The molecular weight excluding hydrogens is 254 g/mol. The predicted octanol–water partition coefficient (Wildman–Crippen LogP) is 2.49. The van der Waals surface area contributed by atoms with Crippen molar-refractivity contribution in [2.24, 2.45) is 11.1 Å². The number of H-pyrrole nitrogens is 1. The van der Waals surface area contributed by atoms with Crippen molar-refractivity contribution < 1.29 is 9.53 Å². The van der Waals surface area contributed by atoms with Gasteiger partial charge in [-0.05, 0) is 17.6 Å². The highest BCUT2D eigenvalue weighted by Gasteiger charge is 2.12. The molecule has 5 heteroatoms. The van der Waals surface area contributed by atoms with E-state index >= 15 is 0 Å². The van der Waals surface area contributed by atoms with Crippen LogP contribution < -0.4 is 10.5 Å². The number of carbonyl (C=O) groups excluding carboxylic acids is 1. The third-order valence-electron chi connectivity index (χ3n) is 2.64. The van der Waals surface area contributed by atoms with Crippen LogP contribution in [0.5, 0.6) is 5.75 Å². The lowest BCUT2D eigenvalue weighted by molar-refractivity contribution is -0.113. The largest absolute Gasteiger partial charge is 0.491 e. The number of pyridine rings is 1. The number of rotatable bonds is 4. The van der Waals surface area contributed by atoms with E-state index in [9.17, 15) is 4.79 Å². The summed E-state index contributed by atoms with van der Waals surface area (Å²) in [5, 5.41) is 0.897. The summed E-state index contributed by atoms with van der Waals surface area (Å²) in [5.74, 6) is 0.230. The number of ether oxygens (including phenoxy) is 1. The summed E-state index contributed by atoms with van der Waals surface area (Å²) < 4.78 is 5.74. The van der Waals surface area contributed by atoms with Crippen LogP contribution in [0.25, 0.3) is 17.1 Å². The first-order valence-electron chi connectivity index (χ1n) is 6.43. The molecule has 2 aromatic rings. The van der Waals surface area contributed by atoms with E-state index in [0.29, 0.717) is 12.4 Å². The van der Waals surface area contributed by atoms with Gasteiger partial charge in [0.25, 0.3) is 0 Å². The normalized spacial score (nSPS) is 12.2. The van der Waals surface area contributed by atoms with Crippen molar-refractivity contribution in [1.29, 1.82) is 0 Å². The zero-order valence-electron chi connectivity index (χ0n) is 11.9. The van der Waals surface area contributed by atoms with Crippen molar-refractivity contribution in [2.45, 2.75) is 20.8 Å². The first-order chi connectivity index (χ1) is 9.35. The summed E-state index contributed by atoms with van der Waals surface area (Å²) in [4.78, 5) is 18.1. The quantitative estimate of drug-likeness (QED) is 0.840. The van der Waals surface area contributed by atoms with Gasteiger partial charge in [-0.25, -0.2) is 4.98 Å². The summed E-state index contributed by atoms with van der Waals surface area (Å²) in [6.45, 7) is 6.93. The van der Waals surface area contributed by atoms with Crippen molar-refractivity contribution >= 4 is 23.0 Å². The van der Waals surface area contributed by atoms with Crippen molar-refractivity contribution in [3.8, 4) is 5.75 Å². The highest BCUT2D eigenvalue weighted by atomic mass is 16.5. The van der Waals surface area contributed by atoms with E-state index in [1.54, 1.807) is 18.5 Å². The van der Waals surface area contributed by atoms with Crippen LogP contribution in [0.1, 0.15) is 26.3 Å². The minimum atomic E-state index is -0.479. The summed E-state index contributed by atoms with van der Waals surface area (Å²) in [6.07, 6.45) is 6.46. The Morgan fingerprint density at radius 2 is 2.25 bits per heavy atom. The van der Waals surface area contributed by atoms with Gasteiger partial charge in [0.2, 0.25) is 5.91 Å². The number of aromatic nitrogens is 2. The number of hydrogen-bond donors (Lipinski definition) is 2. The van der Waals surface area contributed by atoms with Crippen LogP contribution in [0.3, 0.4) is 0 Å². The Bertz CT molecular complexity index is 651. The van der Waals surface area contributed by atoms with E-state index < -0.39 is 5.91 Å². The predicted molar refractivity (Wildman–Crippen MR) is 79.3 cm³/mol. The maximum atomic E-state index is 10.8. The molecule has 0 aliphatic rings. The molecule has 0 aromatic carbocycles. The summed E-state index contributed by atoms with van der Waals surface area (Å²) in [7, 11) is 0. The summed E-state index contributed by atoms with van der Waals surface area (Å²) >= 11 is 0. The number of nitrogens with one attached hydrogen (secondary N) is 1. The van der Waals surface area contributed by atoms with Gasteiger partial charge in [-0.1, -0.05) is 20.8 Å². The molecule has 0 aliphatic heterocycles. The molecule has 0 saturated carbocycles. The van der Waals surface area contributed by atoms with E-state index in [0.717, 1.165) is 16.6 Å². The van der Waals surface area contributed by atoms with Crippen LogP contribution in [0.15, 0.2) is 24.5 Å². The molecular formula is C15H19N3O2. The Labute approximate surface area is 117 Å². The molecule has 0 spiro atoms. The number of nitrogens with two attached hydrogens (primary N) is 1. The van der Waals surface area contributed by atoms with Gasteiger partial charge >= 0.3 is 0 Å². The number of amides is 1. The molecule has 0 atom stereocenters. The van der Waals surface area contributed by atoms with Gasteiger partial charge in [-0.2, -0.15) is 0 Å². The minimum Gasteiger partial charge on any atom is -0.491 e. The van der Waals surface area contributed by atoms with E-state index in [1.807, 2.05) is 6.07 Å². The number of primary amides is 1. The average molecular weight is 273 g/mol. The molecule has 0 bridgehead atoms. The van der Waals surface area contributed by atoms with Gasteiger partial charge in [-0.15, -0.1) is 0 Å². The van der Waals surface area contributed by atoms with Gasteiger partial charge in [0.15, 0.2) is 0 Å². The van der Waals surface area contributed by atoms with Gasteiger partial charge in [0, 0.05) is 23.2 Å². The van der Waals surface area contributed by atoms with Crippen LogP contribution in [-0.2, 0) is 4.79 Å². The Kier molecular flexibility index (Phi) is 3.79. The van der Waals surface area contributed by atoms with Crippen LogP contribution in [-0.4, -0.2) is 22.5 Å². The zero-order valence-corrected chi connectivity index (χ0v) is 11.9. The Hall–Kier alpha value is -2.30. The first-order valence-corrected chi connectivity index (χ1v) is 6.43. The summed E-state index contributed by atoms with van der Waals surface area (Å²) in [5.41, 5.74) is 6.79. The van der Waals surface area contributed by atoms with Gasteiger partial charge in [-0.3, -0.25) is 4.79 Å². The number of aromatic amines is 1. The lowest BCUT2D eigenvalue weighted by Crippen LogP contribution is -2.16. The second-order valence-electron chi connectivity index (χ2n) is 5.90. The zero-order chi connectivity index (χ0) is 14.8. The van der Waals surface area contributed by atoms with E-state index in [-0.39, 0.29) is 5.41 Å². The molecule has 1 amide bonds. The highest BCUT2D eigenvalue weighted by Crippen LogP contribution is 2.24. The van der Waals surface area contributed by atoms with Gasteiger partial charge < -0.3 is 15.5 Å². The monoisotopic (exact) mass is 273 g/mol. The van der Waals surface area contributed by atoms with Crippen molar-refractivity contribution in [1.82, 2.24) is 9.97 Å². The molecule has 106 valence electrons. The third-order valence-corrected chi connectivity index (χ3v) is 2.64. The van der Waals surface area contributed by atoms with Crippen LogP contribution in [0, 0.1) is 5.41 Å². The molecule has 20 heavy (non-hydrogen) atoms.